The number of nitrogens with two attached hydrogens (primary N) is 2. The molecular weight excluding hydrogens is 412 g/mol. The van der Waals surface area contributed by atoms with Gasteiger partial charge < -0.3 is 26.7 Å². The average Bonchev–Trinajstić information content (AvgIpc) is 2.79. The van der Waals surface area contributed by atoms with Crippen LogP contribution in [0.1, 0.15) is 62.7 Å². The van der Waals surface area contributed by atoms with Crippen molar-refractivity contribution in [2.45, 2.75) is 58.4 Å². The number of nitrogens with one attached hydrogen (secondary N) is 3. The van der Waals surface area contributed by atoms with Crippen LogP contribution in [0.25, 0.3) is 0 Å². The van der Waals surface area contributed by atoms with Crippen LogP contribution in [0.2, 0.25) is 0 Å². The zero-order valence-electron chi connectivity index (χ0n) is 18.9. The van der Waals surface area contributed by atoms with Gasteiger partial charge in [-0.2, -0.15) is 0 Å². The zero-order chi connectivity index (χ0) is 23.6. The molecule has 0 aliphatic heterocycles. The van der Waals surface area contributed by atoms with E-state index in [1.807, 2.05) is 6.92 Å². The SMILES string of the molecule is CC=Nc1ccc(OCCCCCN)c(C(=O)N[C@@H](CCCC)C(O)=CNNN=NN)c1. The second-order valence-corrected chi connectivity index (χ2v) is 6.97. The molecule has 32 heavy (non-hydrogen) atoms. The van der Waals surface area contributed by atoms with Gasteiger partial charge in [-0.25, -0.2) is 5.53 Å². The van der Waals surface area contributed by atoms with Gasteiger partial charge in [0.25, 0.3) is 5.91 Å². The third-order valence-corrected chi connectivity index (χ3v) is 4.49. The van der Waals surface area contributed by atoms with Crippen molar-refractivity contribution >= 4 is 17.8 Å². The molecule has 8 N–H and O–H groups in total. The summed E-state index contributed by atoms with van der Waals surface area (Å²) in [5.74, 6) is 4.92. The molecule has 0 heterocycles. The fraction of sp³-hybridized carbons (Fsp3) is 0.524. The summed E-state index contributed by atoms with van der Waals surface area (Å²) in [6, 6.07) is 4.59. The first-order valence-electron chi connectivity index (χ1n) is 10.8. The number of unbranched alkanes of at least 4 members (excludes halogenated alkanes) is 3. The maximum Gasteiger partial charge on any atom is 0.255 e. The minimum absolute atomic E-state index is 0.0708. The number of rotatable bonds is 16. The van der Waals surface area contributed by atoms with Crippen LogP contribution in [0.5, 0.6) is 5.75 Å². The maximum absolute atomic E-state index is 13.1. The van der Waals surface area contributed by atoms with Gasteiger partial charge >= 0.3 is 0 Å². The number of nitrogens with zero attached hydrogens (tertiary/aromatic N) is 3. The van der Waals surface area contributed by atoms with Crippen molar-refractivity contribution in [1.82, 2.24) is 16.3 Å². The molecule has 1 amide bonds. The van der Waals surface area contributed by atoms with Crippen molar-refractivity contribution in [3.8, 4) is 5.75 Å². The number of carbonyl (C=O) groups excluding carboxylic acids is 1. The van der Waals surface area contributed by atoms with E-state index in [4.69, 9.17) is 16.3 Å². The molecule has 1 aromatic rings. The van der Waals surface area contributed by atoms with Crippen molar-refractivity contribution < 1.29 is 14.6 Å². The molecule has 0 spiro atoms. The highest BCUT2D eigenvalue weighted by molar-refractivity contribution is 5.98. The zero-order valence-corrected chi connectivity index (χ0v) is 18.9. The van der Waals surface area contributed by atoms with Crippen molar-refractivity contribution in [2.24, 2.45) is 27.0 Å². The summed E-state index contributed by atoms with van der Waals surface area (Å²) in [6.45, 7) is 4.96. The predicted octanol–water partition coefficient (Wildman–Crippen LogP) is 2.94. The monoisotopic (exact) mass is 448 g/mol. The van der Waals surface area contributed by atoms with Gasteiger partial charge in [0.1, 0.15) is 11.5 Å². The van der Waals surface area contributed by atoms with Gasteiger partial charge in [-0.3, -0.25) is 15.2 Å². The third-order valence-electron chi connectivity index (χ3n) is 4.49. The largest absolute Gasteiger partial charge is 0.509 e. The highest BCUT2D eigenvalue weighted by Crippen LogP contribution is 2.25. The van der Waals surface area contributed by atoms with E-state index in [2.05, 4.69) is 31.7 Å². The molecule has 0 saturated heterocycles. The fourth-order valence-electron chi connectivity index (χ4n) is 2.86. The summed E-state index contributed by atoms with van der Waals surface area (Å²) in [6.07, 6.45) is 7.93. The number of aliphatic hydroxyl groups excluding tert-OH is 1. The fourth-order valence-corrected chi connectivity index (χ4v) is 2.86. The number of ether oxygens (including phenoxy) is 1. The highest BCUT2D eigenvalue weighted by Gasteiger charge is 2.20. The van der Waals surface area contributed by atoms with E-state index in [-0.39, 0.29) is 11.7 Å². The van der Waals surface area contributed by atoms with E-state index in [0.29, 0.717) is 36.6 Å². The van der Waals surface area contributed by atoms with Crippen molar-refractivity contribution in [2.75, 3.05) is 13.2 Å². The summed E-state index contributed by atoms with van der Waals surface area (Å²) in [5, 5.41) is 19.7. The normalized spacial score (nSPS) is 12.8. The highest BCUT2D eigenvalue weighted by atomic mass is 16.5. The molecular formula is C21H36N8O3. The standard InChI is InChI=1S/C21H36N8O3/c1-3-5-9-18(19(30)15-25-28-29-27-23)26-21(31)17-14-16(24-4-2)10-11-20(17)32-13-8-6-7-12-22/h4,10-11,14-15,18,30H,3,5-9,12-13,22H2,1-2H3,(H,26,31)(H,27,28)(H3,23,25,29)/t18-/m0/s1. The molecule has 0 radical (unpaired) electrons. The molecule has 0 saturated carbocycles. The quantitative estimate of drug-likeness (QED) is 0.0563. The number of hydrogen-bond donors (Lipinski definition) is 6. The molecule has 178 valence electrons. The molecule has 1 rings (SSSR count). The first-order valence-corrected chi connectivity index (χ1v) is 10.8. The van der Waals surface area contributed by atoms with E-state index in [9.17, 15) is 9.90 Å². The minimum Gasteiger partial charge on any atom is -0.509 e. The summed E-state index contributed by atoms with van der Waals surface area (Å²) >= 11 is 0. The Morgan fingerprint density at radius 1 is 1.28 bits per heavy atom. The Labute approximate surface area is 189 Å². The van der Waals surface area contributed by atoms with Gasteiger partial charge in [-0.05, 0) is 62.6 Å². The second-order valence-electron chi connectivity index (χ2n) is 6.97. The van der Waals surface area contributed by atoms with Crippen LogP contribution >= 0.6 is 0 Å². The lowest BCUT2D eigenvalue weighted by Crippen LogP contribution is -2.37. The molecule has 0 aromatic heterocycles. The van der Waals surface area contributed by atoms with Crippen LogP contribution in [0.4, 0.5) is 5.69 Å². The van der Waals surface area contributed by atoms with Gasteiger partial charge in [0, 0.05) is 6.21 Å². The molecule has 0 fully saturated rings. The van der Waals surface area contributed by atoms with Gasteiger partial charge in [0.2, 0.25) is 0 Å². The second kappa shape index (κ2) is 16.4. The lowest BCUT2D eigenvalue weighted by molar-refractivity contribution is 0.0926. The number of hydrogen-bond acceptors (Lipinski definition) is 8. The Hall–Kier alpha value is -3.34. The average molecular weight is 449 g/mol. The van der Waals surface area contributed by atoms with E-state index in [1.165, 1.54) is 6.20 Å². The molecule has 1 atom stereocenters. The first-order chi connectivity index (χ1) is 15.6. The van der Waals surface area contributed by atoms with Crippen LogP contribution in [-0.2, 0) is 0 Å². The van der Waals surface area contributed by atoms with Gasteiger partial charge in [0.15, 0.2) is 0 Å². The Morgan fingerprint density at radius 2 is 2.09 bits per heavy atom. The number of amides is 1. The third kappa shape index (κ3) is 10.1. The van der Waals surface area contributed by atoms with Crippen molar-refractivity contribution in [1.29, 1.82) is 0 Å². The summed E-state index contributed by atoms with van der Waals surface area (Å²) in [4.78, 5) is 17.4. The molecule has 0 unspecified atom stereocenters. The number of aliphatic hydroxyl groups is 1. The van der Waals surface area contributed by atoms with Crippen molar-refractivity contribution in [3.63, 3.8) is 0 Å². The van der Waals surface area contributed by atoms with Gasteiger partial charge in [-0.1, -0.05) is 25.0 Å². The Balaban J connectivity index is 3.00. The van der Waals surface area contributed by atoms with E-state index in [1.54, 1.807) is 31.3 Å². The van der Waals surface area contributed by atoms with Gasteiger partial charge in [-0.15, -0.1) is 0 Å². The maximum atomic E-state index is 13.1. The lowest BCUT2D eigenvalue weighted by atomic mass is 10.1. The lowest BCUT2D eigenvalue weighted by Gasteiger charge is -2.19. The minimum atomic E-state index is -0.609. The molecule has 11 nitrogen and oxygen atoms in total. The van der Waals surface area contributed by atoms with E-state index >= 15 is 0 Å². The summed E-state index contributed by atoms with van der Waals surface area (Å²) in [7, 11) is 0. The number of hydrazine groups is 1. The predicted molar refractivity (Wildman–Crippen MR) is 125 cm³/mol. The van der Waals surface area contributed by atoms with E-state index < -0.39 is 6.04 Å². The number of benzene rings is 1. The Bertz CT molecular complexity index is 767. The molecule has 1 aromatic carbocycles. The molecule has 11 heteroatoms. The van der Waals surface area contributed by atoms with Crippen molar-refractivity contribution in [3.05, 3.63) is 35.7 Å². The summed E-state index contributed by atoms with van der Waals surface area (Å²) < 4.78 is 5.87. The van der Waals surface area contributed by atoms with Crippen LogP contribution in [0.3, 0.4) is 0 Å². The molecule has 0 aliphatic carbocycles. The Morgan fingerprint density at radius 3 is 2.78 bits per heavy atom. The number of aliphatic imine (C=N–C) groups is 1. The molecule has 0 bridgehead atoms. The smallest absolute Gasteiger partial charge is 0.255 e. The summed E-state index contributed by atoms with van der Waals surface area (Å²) in [5.41, 5.74) is 11.4. The van der Waals surface area contributed by atoms with E-state index in [0.717, 1.165) is 32.1 Å². The first kappa shape index (κ1) is 26.7. The topological polar surface area (TPSA) is 172 Å². The molecule has 0 aliphatic rings. The van der Waals surface area contributed by atoms with Crippen LogP contribution in [0, 0.1) is 0 Å². The van der Waals surface area contributed by atoms with Crippen LogP contribution in [0.15, 0.2) is 45.6 Å². The Kier molecular flexibility index (Phi) is 13.7. The number of carbonyl (C=O) groups is 1. The van der Waals surface area contributed by atoms with Gasteiger partial charge in [0.05, 0.1) is 30.1 Å². The van der Waals surface area contributed by atoms with Crippen LogP contribution < -0.4 is 32.6 Å². The van der Waals surface area contributed by atoms with Crippen LogP contribution in [-0.4, -0.2) is 36.4 Å².